The van der Waals surface area contributed by atoms with Crippen LogP contribution in [0.3, 0.4) is 0 Å². The van der Waals surface area contributed by atoms with E-state index in [1.165, 1.54) is 42.2 Å². The van der Waals surface area contributed by atoms with Crippen molar-refractivity contribution in [3.05, 3.63) is 21.9 Å². The van der Waals surface area contributed by atoms with Crippen LogP contribution in [-0.4, -0.2) is 30.6 Å². The molecule has 2 nitrogen and oxygen atoms in total. The number of nitrogens with zero attached hydrogens (tertiary/aromatic N) is 1. The highest BCUT2D eigenvalue weighted by Gasteiger charge is 2.33. The molecule has 3 heteroatoms. The lowest BCUT2D eigenvalue weighted by Crippen LogP contribution is -2.43. The van der Waals surface area contributed by atoms with E-state index >= 15 is 0 Å². The van der Waals surface area contributed by atoms with Crippen LogP contribution in [-0.2, 0) is 6.54 Å². The third kappa shape index (κ3) is 2.17. The largest absolute Gasteiger partial charge is 0.309 e. The lowest BCUT2D eigenvalue weighted by molar-refractivity contribution is 0.220. The number of hydrogen-bond acceptors (Lipinski definition) is 3. The molecule has 0 radical (unpaired) electrons. The second kappa shape index (κ2) is 4.47. The highest BCUT2D eigenvalue weighted by atomic mass is 32.1. The Kier molecular flexibility index (Phi) is 3.01. The summed E-state index contributed by atoms with van der Waals surface area (Å²) in [6.07, 6.45) is 2.75. The number of rotatable bonds is 3. The van der Waals surface area contributed by atoms with Gasteiger partial charge in [0, 0.05) is 28.9 Å². The standard InChI is InChI=1S/C13H20N2S/c1-10-2-3-12(16-10)8-14-13-5-7-15-6-4-11(13)9-15/h2-3,11,13-14H,4-9H2,1H3. The zero-order chi connectivity index (χ0) is 11.0. The molecule has 88 valence electrons. The van der Waals surface area contributed by atoms with Gasteiger partial charge in [-0.1, -0.05) is 0 Å². The van der Waals surface area contributed by atoms with Crippen molar-refractivity contribution >= 4 is 11.3 Å². The topological polar surface area (TPSA) is 15.3 Å². The van der Waals surface area contributed by atoms with Crippen LogP contribution in [0.25, 0.3) is 0 Å². The van der Waals surface area contributed by atoms with Crippen molar-refractivity contribution in [2.45, 2.75) is 32.4 Å². The molecule has 0 aliphatic carbocycles. The van der Waals surface area contributed by atoms with Gasteiger partial charge in [0.1, 0.15) is 0 Å². The van der Waals surface area contributed by atoms with Crippen LogP contribution in [0.5, 0.6) is 0 Å². The summed E-state index contributed by atoms with van der Waals surface area (Å²) in [5.41, 5.74) is 0. The highest BCUT2D eigenvalue weighted by Crippen LogP contribution is 2.27. The molecule has 0 saturated carbocycles. The maximum atomic E-state index is 3.76. The minimum Gasteiger partial charge on any atom is -0.309 e. The molecule has 0 amide bonds. The van der Waals surface area contributed by atoms with Crippen molar-refractivity contribution in [3.8, 4) is 0 Å². The molecule has 2 bridgehead atoms. The van der Waals surface area contributed by atoms with E-state index < -0.39 is 0 Å². The van der Waals surface area contributed by atoms with E-state index in [9.17, 15) is 0 Å². The van der Waals surface area contributed by atoms with Crippen LogP contribution in [0.1, 0.15) is 22.6 Å². The summed E-state index contributed by atoms with van der Waals surface area (Å²) in [7, 11) is 0. The maximum absolute atomic E-state index is 3.76. The van der Waals surface area contributed by atoms with Crippen molar-refractivity contribution in [3.63, 3.8) is 0 Å². The summed E-state index contributed by atoms with van der Waals surface area (Å²) >= 11 is 1.92. The number of piperidine rings is 1. The number of nitrogens with one attached hydrogen (secondary N) is 1. The number of thiophene rings is 1. The quantitative estimate of drug-likeness (QED) is 0.866. The van der Waals surface area contributed by atoms with Gasteiger partial charge < -0.3 is 10.2 Å². The number of hydrogen-bond donors (Lipinski definition) is 1. The molecular weight excluding hydrogens is 216 g/mol. The zero-order valence-electron chi connectivity index (χ0n) is 9.91. The predicted octanol–water partition coefficient (Wildman–Crippen LogP) is 2.24. The van der Waals surface area contributed by atoms with Crippen LogP contribution in [0.4, 0.5) is 0 Å². The molecular formula is C13H20N2S. The summed E-state index contributed by atoms with van der Waals surface area (Å²) in [5.74, 6) is 0.912. The monoisotopic (exact) mass is 236 g/mol. The van der Waals surface area contributed by atoms with Gasteiger partial charge in [0.15, 0.2) is 0 Å². The molecule has 0 spiro atoms. The Morgan fingerprint density at radius 2 is 2.25 bits per heavy atom. The van der Waals surface area contributed by atoms with Crippen molar-refractivity contribution in [2.24, 2.45) is 5.92 Å². The van der Waals surface area contributed by atoms with E-state index in [1.54, 1.807) is 0 Å². The average molecular weight is 236 g/mol. The fourth-order valence-corrected chi connectivity index (χ4v) is 3.87. The van der Waals surface area contributed by atoms with E-state index in [4.69, 9.17) is 0 Å². The van der Waals surface area contributed by atoms with Crippen molar-refractivity contribution < 1.29 is 0 Å². The Morgan fingerprint density at radius 3 is 3.06 bits per heavy atom. The van der Waals surface area contributed by atoms with Crippen LogP contribution < -0.4 is 5.32 Å². The smallest absolute Gasteiger partial charge is 0.0302 e. The Balaban J connectivity index is 1.55. The average Bonchev–Trinajstić information content (AvgIpc) is 2.86. The van der Waals surface area contributed by atoms with Crippen molar-refractivity contribution in [1.82, 2.24) is 10.2 Å². The summed E-state index contributed by atoms with van der Waals surface area (Å²) < 4.78 is 0. The lowest BCUT2D eigenvalue weighted by atomic mass is 9.94. The van der Waals surface area contributed by atoms with E-state index in [0.29, 0.717) is 0 Å². The van der Waals surface area contributed by atoms with Gasteiger partial charge in [-0.15, -0.1) is 11.3 Å². The van der Waals surface area contributed by atoms with Crippen molar-refractivity contribution in [1.29, 1.82) is 0 Å². The van der Waals surface area contributed by atoms with E-state index in [0.717, 1.165) is 18.5 Å². The first-order valence-corrected chi connectivity index (χ1v) is 7.14. The molecule has 3 unspecified atom stereocenters. The second-order valence-corrected chi connectivity index (χ2v) is 6.51. The minimum absolute atomic E-state index is 0.765. The Bertz CT molecular complexity index is 361. The molecule has 2 saturated heterocycles. The van der Waals surface area contributed by atoms with Gasteiger partial charge in [0.05, 0.1) is 0 Å². The summed E-state index contributed by atoms with van der Waals surface area (Å²) in [6, 6.07) is 5.25. The molecule has 1 N–H and O–H groups in total. The first-order chi connectivity index (χ1) is 7.81. The van der Waals surface area contributed by atoms with Crippen molar-refractivity contribution in [2.75, 3.05) is 19.6 Å². The summed E-state index contributed by atoms with van der Waals surface area (Å²) in [6.45, 7) is 7.23. The van der Waals surface area contributed by atoms with E-state index in [2.05, 4.69) is 29.3 Å². The summed E-state index contributed by atoms with van der Waals surface area (Å²) in [5, 5.41) is 3.76. The number of aryl methyl sites for hydroxylation is 1. The van der Waals surface area contributed by atoms with Gasteiger partial charge in [0.2, 0.25) is 0 Å². The lowest BCUT2D eigenvalue weighted by Gasteiger charge is -2.31. The third-order valence-corrected chi connectivity index (χ3v) is 4.97. The van der Waals surface area contributed by atoms with E-state index in [-0.39, 0.29) is 0 Å². The van der Waals surface area contributed by atoms with Gasteiger partial charge in [-0.25, -0.2) is 0 Å². The molecule has 0 aromatic carbocycles. The molecule has 3 atom stereocenters. The first-order valence-electron chi connectivity index (χ1n) is 6.32. The van der Waals surface area contributed by atoms with Crippen LogP contribution in [0.2, 0.25) is 0 Å². The second-order valence-electron chi connectivity index (χ2n) is 5.14. The molecule has 3 heterocycles. The minimum atomic E-state index is 0.765. The van der Waals surface area contributed by atoms with Crippen LogP contribution >= 0.6 is 11.3 Å². The molecule has 3 rings (SSSR count). The maximum Gasteiger partial charge on any atom is 0.0302 e. The van der Waals surface area contributed by atoms with E-state index in [1.807, 2.05) is 11.3 Å². The summed E-state index contributed by atoms with van der Waals surface area (Å²) in [4.78, 5) is 5.52. The zero-order valence-corrected chi connectivity index (χ0v) is 10.7. The molecule has 2 fully saturated rings. The SMILES string of the molecule is Cc1ccc(CNC2CCN3CCC2C3)s1. The highest BCUT2D eigenvalue weighted by molar-refractivity contribution is 7.11. The van der Waals surface area contributed by atoms with Gasteiger partial charge in [-0.2, -0.15) is 0 Å². The van der Waals surface area contributed by atoms with Gasteiger partial charge >= 0.3 is 0 Å². The molecule has 2 aliphatic rings. The molecule has 2 aliphatic heterocycles. The Morgan fingerprint density at radius 1 is 1.38 bits per heavy atom. The van der Waals surface area contributed by atoms with Crippen LogP contribution in [0, 0.1) is 12.8 Å². The van der Waals surface area contributed by atoms with Gasteiger partial charge in [-0.3, -0.25) is 0 Å². The van der Waals surface area contributed by atoms with Gasteiger partial charge in [0.25, 0.3) is 0 Å². The molecule has 16 heavy (non-hydrogen) atoms. The normalized spacial score (nSPS) is 33.2. The first kappa shape index (κ1) is 10.8. The molecule has 1 aromatic rings. The fraction of sp³-hybridized carbons (Fsp3) is 0.692. The van der Waals surface area contributed by atoms with Gasteiger partial charge in [-0.05, 0) is 50.9 Å². The fourth-order valence-electron chi connectivity index (χ4n) is 3.03. The third-order valence-electron chi connectivity index (χ3n) is 3.97. The molecule has 1 aromatic heterocycles. The predicted molar refractivity (Wildman–Crippen MR) is 68.8 cm³/mol. The van der Waals surface area contributed by atoms with Crippen LogP contribution in [0.15, 0.2) is 12.1 Å². The number of fused-ring (bicyclic) bond motifs is 2. The Labute approximate surface area is 102 Å². The Hall–Kier alpha value is -0.380.